The number of carbonyl (C=O) groups is 3. The third kappa shape index (κ3) is 10.7. The number of anilines is 2. The number of amides is 3. The van der Waals surface area contributed by atoms with Crippen molar-refractivity contribution < 1.29 is 27.6 Å². The van der Waals surface area contributed by atoms with Crippen LogP contribution in [0.25, 0.3) is 0 Å². The molecule has 42 heavy (non-hydrogen) atoms. The van der Waals surface area contributed by atoms with E-state index in [1.54, 1.807) is 42.5 Å². The molecule has 0 radical (unpaired) electrons. The van der Waals surface area contributed by atoms with Crippen LogP contribution >= 0.6 is 11.8 Å². The van der Waals surface area contributed by atoms with Crippen molar-refractivity contribution >= 4 is 40.9 Å². The Morgan fingerprint density at radius 3 is 2.43 bits per heavy atom. The second kappa shape index (κ2) is 16.2. The Bertz CT molecular complexity index is 1200. The molecule has 9 nitrogen and oxygen atoms in total. The summed E-state index contributed by atoms with van der Waals surface area (Å²) in [4.78, 5) is 43.1. The molecular weight excluding hydrogens is 569 g/mol. The number of nitriles is 1. The van der Waals surface area contributed by atoms with Gasteiger partial charge in [-0.25, -0.2) is 0 Å². The molecule has 1 saturated heterocycles. The molecule has 0 saturated carbocycles. The molecule has 2 N–H and O–H groups in total. The fraction of sp³-hybridized carbons (Fsp3) is 0.517. The number of halogens is 3. The summed E-state index contributed by atoms with van der Waals surface area (Å²) in [6, 6.07) is 8.90. The van der Waals surface area contributed by atoms with E-state index >= 15 is 0 Å². The van der Waals surface area contributed by atoms with Crippen LogP contribution in [0, 0.1) is 23.2 Å². The first kappa shape index (κ1) is 34.7. The molecule has 2 rings (SSSR count). The predicted octanol–water partition coefficient (Wildman–Crippen LogP) is 4.57. The molecular formula is C29H39F3N6O3S. The van der Waals surface area contributed by atoms with Crippen LogP contribution in [0.4, 0.5) is 24.5 Å². The Morgan fingerprint density at radius 2 is 1.86 bits per heavy atom. The van der Waals surface area contributed by atoms with Crippen LogP contribution in [0.5, 0.6) is 0 Å². The van der Waals surface area contributed by atoms with E-state index in [2.05, 4.69) is 24.1 Å². The summed E-state index contributed by atoms with van der Waals surface area (Å²) in [6.45, 7) is 6.72. The van der Waals surface area contributed by atoms with Gasteiger partial charge >= 0.3 is 6.18 Å². The van der Waals surface area contributed by atoms with Gasteiger partial charge in [0.1, 0.15) is 23.2 Å². The summed E-state index contributed by atoms with van der Waals surface area (Å²) in [7, 11) is 1.74. The highest BCUT2D eigenvalue weighted by molar-refractivity contribution is 8.02. The third-order valence-corrected chi connectivity index (χ3v) is 7.44. The van der Waals surface area contributed by atoms with Crippen LogP contribution in [0.15, 0.2) is 47.1 Å². The van der Waals surface area contributed by atoms with Crippen molar-refractivity contribution in [3.63, 3.8) is 0 Å². The summed E-state index contributed by atoms with van der Waals surface area (Å²) >= 11 is 0.924. The first-order valence-electron chi connectivity index (χ1n) is 13.6. The zero-order chi connectivity index (χ0) is 31.4. The number of benzene rings is 1. The molecule has 2 atom stereocenters. The lowest BCUT2D eigenvalue weighted by Crippen LogP contribution is -2.45. The maximum atomic E-state index is 12.9. The molecule has 13 heteroatoms. The van der Waals surface area contributed by atoms with Crippen molar-refractivity contribution in [1.82, 2.24) is 15.1 Å². The summed E-state index contributed by atoms with van der Waals surface area (Å²) in [5.41, 5.74) is 0.845. The molecule has 1 aliphatic rings. The Balaban J connectivity index is 2.02. The van der Waals surface area contributed by atoms with E-state index in [-0.39, 0.29) is 23.9 Å². The van der Waals surface area contributed by atoms with Crippen molar-refractivity contribution in [2.24, 2.45) is 11.8 Å². The molecule has 2 unspecified atom stereocenters. The maximum absolute atomic E-state index is 12.9. The number of rotatable bonds is 12. The number of nitrogens with one attached hydrogen (secondary N) is 2. The van der Waals surface area contributed by atoms with Crippen molar-refractivity contribution in [3.8, 4) is 6.07 Å². The van der Waals surface area contributed by atoms with Gasteiger partial charge in [-0.2, -0.15) is 18.4 Å². The lowest BCUT2D eigenvalue weighted by molar-refractivity contribution is -0.136. The van der Waals surface area contributed by atoms with Crippen molar-refractivity contribution in [2.45, 2.75) is 39.8 Å². The van der Waals surface area contributed by atoms with Crippen LogP contribution in [0.2, 0.25) is 0 Å². The number of likely N-dealkylation sites (N-methyl/N-ethyl adjacent to an activating group) is 1. The smallest absolute Gasteiger partial charge is 0.362 e. The third-order valence-electron chi connectivity index (χ3n) is 6.63. The quantitative estimate of drug-likeness (QED) is 0.264. The normalized spacial score (nSPS) is 18.2. The second-order valence-corrected chi connectivity index (χ2v) is 11.1. The fourth-order valence-corrected chi connectivity index (χ4v) is 5.63. The van der Waals surface area contributed by atoms with E-state index in [0.29, 0.717) is 29.8 Å². The van der Waals surface area contributed by atoms with E-state index < -0.39 is 30.1 Å². The summed E-state index contributed by atoms with van der Waals surface area (Å²) < 4.78 is 37.5. The van der Waals surface area contributed by atoms with Gasteiger partial charge in [0.2, 0.25) is 11.8 Å². The molecule has 1 aromatic carbocycles. The molecule has 0 aliphatic carbocycles. The van der Waals surface area contributed by atoms with Crippen LogP contribution < -0.4 is 15.5 Å². The highest BCUT2D eigenvalue weighted by Gasteiger charge is 2.30. The van der Waals surface area contributed by atoms with Gasteiger partial charge in [0.15, 0.2) is 0 Å². The van der Waals surface area contributed by atoms with Crippen LogP contribution in [0.3, 0.4) is 0 Å². The van der Waals surface area contributed by atoms with Gasteiger partial charge in [-0.05, 0) is 55.8 Å². The van der Waals surface area contributed by atoms with Crippen molar-refractivity contribution in [1.29, 1.82) is 5.26 Å². The molecule has 230 valence electrons. The number of nitrogens with zero attached hydrogens (tertiary/aromatic N) is 4. The minimum atomic E-state index is -4.64. The Morgan fingerprint density at radius 1 is 1.19 bits per heavy atom. The summed E-state index contributed by atoms with van der Waals surface area (Å²) in [6.07, 6.45) is 1.08. The predicted molar refractivity (Wildman–Crippen MR) is 159 cm³/mol. The molecule has 3 amide bonds. The number of thioether (sulfide) groups is 1. The molecule has 1 aliphatic heterocycles. The van der Waals surface area contributed by atoms with E-state index in [0.717, 1.165) is 24.9 Å². The van der Waals surface area contributed by atoms with E-state index in [9.17, 15) is 32.8 Å². The molecule has 0 bridgehead atoms. The largest absolute Gasteiger partial charge is 0.405 e. The number of hydrogen-bond acceptors (Lipinski definition) is 7. The first-order chi connectivity index (χ1) is 19.8. The zero-order valence-corrected chi connectivity index (χ0v) is 25.4. The van der Waals surface area contributed by atoms with Gasteiger partial charge in [-0.3, -0.25) is 19.3 Å². The van der Waals surface area contributed by atoms with E-state index in [1.165, 1.54) is 17.6 Å². The SMILES string of the molecule is CCN(C(=O)C/C=C\Nc1cccc(N(C)C(=O)CN2CC(C)CC(C)C2)c1)/C(SC)=C(\C#N)C(=O)NCC(F)(F)F. The average molecular weight is 609 g/mol. The van der Waals surface area contributed by atoms with Gasteiger partial charge in [0.25, 0.3) is 5.91 Å². The maximum Gasteiger partial charge on any atom is 0.405 e. The van der Waals surface area contributed by atoms with Crippen LogP contribution in [-0.4, -0.2) is 79.7 Å². The van der Waals surface area contributed by atoms with Crippen molar-refractivity contribution in [3.05, 3.63) is 47.1 Å². The molecule has 0 spiro atoms. The second-order valence-electron chi connectivity index (χ2n) is 10.3. The standard InChI is InChI=1S/C29H39F3N6O3S/c1-6-38(28(42-5)24(15-33)27(41)35-19-29(30,31)32)25(39)11-8-12-34-22-9-7-10-23(14-22)36(4)26(40)18-37-16-20(2)13-21(3)17-37/h7-10,12,14,20-21,34H,6,11,13,16-19H2,1-5H3,(H,35,41)/b12-8-,28-24-. The number of hydrogen-bond donors (Lipinski definition) is 2. The van der Waals surface area contributed by atoms with Gasteiger partial charge in [0.05, 0.1) is 6.54 Å². The lowest BCUT2D eigenvalue weighted by atomic mass is 9.92. The molecule has 1 heterocycles. The fourth-order valence-electron chi connectivity index (χ4n) is 4.84. The monoisotopic (exact) mass is 608 g/mol. The Kier molecular flexibility index (Phi) is 13.4. The topological polar surface area (TPSA) is 109 Å². The average Bonchev–Trinajstić information content (AvgIpc) is 2.92. The number of carbonyl (C=O) groups excluding carboxylic acids is 3. The summed E-state index contributed by atoms with van der Waals surface area (Å²) in [5, 5.41) is 14.2. The molecule has 1 fully saturated rings. The van der Waals surface area contributed by atoms with Crippen LogP contribution in [-0.2, 0) is 14.4 Å². The first-order valence-corrected chi connectivity index (χ1v) is 14.9. The summed E-state index contributed by atoms with van der Waals surface area (Å²) in [5.74, 6) is -0.539. The number of alkyl halides is 3. The van der Waals surface area contributed by atoms with Gasteiger partial charge < -0.3 is 20.4 Å². The number of likely N-dealkylation sites (tertiary alicyclic amines) is 1. The Labute approximate surface area is 249 Å². The highest BCUT2D eigenvalue weighted by Crippen LogP contribution is 2.24. The molecule has 0 aromatic heterocycles. The van der Waals surface area contributed by atoms with E-state index in [4.69, 9.17) is 0 Å². The highest BCUT2D eigenvalue weighted by atomic mass is 32.2. The van der Waals surface area contributed by atoms with Gasteiger partial charge in [0, 0.05) is 44.5 Å². The lowest BCUT2D eigenvalue weighted by Gasteiger charge is -2.35. The number of piperidine rings is 1. The zero-order valence-electron chi connectivity index (χ0n) is 24.6. The molecule has 1 aromatic rings. The Hall–Kier alpha value is -3.50. The van der Waals surface area contributed by atoms with Crippen LogP contribution in [0.1, 0.15) is 33.6 Å². The minimum Gasteiger partial charge on any atom is -0.362 e. The van der Waals surface area contributed by atoms with Crippen molar-refractivity contribution in [2.75, 3.05) is 56.2 Å². The van der Waals surface area contributed by atoms with E-state index in [1.807, 2.05) is 24.3 Å². The van der Waals surface area contributed by atoms with Gasteiger partial charge in [-0.15, -0.1) is 11.8 Å². The van der Waals surface area contributed by atoms with Gasteiger partial charge in [-0.1, -0.05) is 26.0 Å². The minimum absolute atomic E-state index is 0.00396.